The number of carbonyl (C=O) groups is 1. The Morgan fingerprint density at radius 2 is 1.93 bits per heavy atom. The van der Waals surface area contributed by atoms with Crippen LogP contribution in [0.25, 0.3) is 0 Å². The van der Waals surface area contributed by atoms with Crippen LogP contribution in [0.1, 0.15) is 39.5 Å². The summed E-state index contributed by atoms with van der Waals surface area (Å²) in [6, 6.07) is -0.407. The lowest BCUT2D eigenvalue weighted by Gasteiger charge is -2.14. The molecule has 0 rings (SSSR count). The third-order valence-electron chi connectivity index (χ3n) is 1.88. The number of amides is 1. The van der Waals surface area contributed by atoms with Crippen LogP contribution in [0.15, 0.2) is 0 Å². The molecule has 0 aliphatic rings. The zero-order valence-electron chi connectivity index (χ0n) is 8.45. The molecule has 0 bridgehead atoms. The van der Waals surface area contributed by atoms with E-state index in [0.29, 0.717) is 6.42 Å². The molecule has 84 valence electrons. The first-order chi connectivity index (χ1) is 6.38. The Kier molecular flexibility index (Phi) is 5.57. The lowest BCUT2D eigenvalue weighted by Crippen LogP contribution is -2.41. The zero-order valence-corrected chi connectivity index (χ0v) is 8.45. The van der Waals surface area contributed by atoms with Crippen LogP contribution in [-0.4, -0.2) is 18.1 Å². The van der Waals surface area contributed by atoms with E-state index < -0.39 is 18.1 Å². The summed E-state index contributed by atoms with van der Waals surface area (Å²) in [6.07, 6.45) is -1.34. The monoisotopic (exact) mass is 211 g/mol. The molecule has 0 saturated carbocycles. The van der Waals surface area contributed by atoms with Gasteiger partial charge in [-0.2, -0.15) is 13.2 Å². The highest BCUT2D eigenvalue weighted by molar-refractivity contribution is 5.81. The molecule has 0 heterocycles. The van der Waals surface area contributed by atoms with E-state index in [1.54, 1.807) is 6.92 Å². The number of hydrogen-bond acceptors (Lipinski definition) is 1. The summed E-state index contributed by atoms with van der Waals surface area (Å²) in [5, 5.41) is 1.91. The number of unbranched alkanes of at least 4 members (excludes halogenated alkanes) is 2. The van der Waals surface area contributed by atoms with Gasteiger partial charge in [0.05, 0.1) is 0 Å². The molecule has 0 fully saturated rings. The van der Waals surface area contributed by atoms with E-state index in [-0.39, 0.29) is 0 Å². The van der Waals surface area contributed by atoms with E-state index in [1.807, 2.05) is 12.2 Å². The SMILES string of the molecule is CCCCC[C@H](C)NC(=O)C(F)(F)F. The maximum Gasteiger partial charge on any atom is 0.471 e. The third kappa shape index (κ3) is 5.83. The summed E-state index contributed by atoms with van der Waals surface area (Å²) in [4.78, 5) is 10.5. The predicted octanol–water partition coefficient (Wildman–Crippen LogP) is 2.63. The van der Waals surface area contributed by atoms with Gasteiger partial charge in [0.1, 0.15) is 0 Å². The molecular weight excluding hydrogens is 195 g/mol. The number of alkyl halides is 3. The van der Waals surface area contributed by atoms with Gasteiger partial charge in [-0.15, -0.1) is 0 Å². The molecular formula is C9H16F3NO. The molecule has 0 aromatic carbocycles. The van der Waals surface area contributed by atoms with Crippen molar-refractivity contribution in [2.45, 2.75) is 51.7 Å². The summed E-state index contributed by atoms with van der Waals surface area (Å²) in [5.41, 5.74) is 0. The standard InChI is InChI=1S/C9H16F3NO/c1-3-4-5-6-7(2)13-8(14)9(10,11)12/h7H,3-6H2,1-2H3,(H,13,14)/t7-/m0/s1. The first kappa shape index (κ1) is 13.3. The third-order valence-corrected chi connectivity index (χ3v) is 1.88. The maximum absolute atomic E-state index is 11.8. The fourth-order valence-electron chi connectivity index (χ4n) is 1.08. The van der Waals surface area contributed by atoms with Crippen molar-refractivity contribution < 1.29 is 18.0 Å². The predicted molar refractivity (Wildman–Crippen MR) is 47.8 cm³/mol. The van der Waals surface area contributed by atoms with Crippen molar-refractivity contribution in [2.24, 2.45) is 0 Å². The Morgan fingerprint density at radius 3 is 2.36 bits per heavy atom. The quantitative estimate of drug-likeness (QED) is 0.696. The molecule has 0 saturated heterocycles. The minimum atomic E-state index is -4.76. The summed E-state index contributed by atoms with van der Waals surface area (Å²) in [5.74, 6) is -1.85. The number of halogens is 3. The van der Waals surface area contributed by atoms with Crippen molar-refractivity contribution in [1.29, 1.82) is 0 Å². The van der Waals surface area contributed by atoms with Gasteiger partial charge in [-0.05, 0) is 13.3 Å². The summed E-state index contributed by atoms with van der Waals surface area (Å²) < 4.78 is 35.4. The highest BCUT2D eigenvalue weighted by atomic mass is 19.4. The van der Waals surface area contributed by atoms with Crippen LogP contribution in [0, 0.1) is 0 Å². The van der Waals surface area contributed by atoms with Crippen LogP contribution in [0.4, 0.5) is 13.2 Å². The Morgan fingerprint density at radius 1 is 1.36 bits per heavy atom. The van der Waals surface area contributed by atoms with Crippen molar-refractivity contribution in [1.82, 2.24) is 5.32 Å². The maximum atomic E-state index is 11.8. The Hall–Kier alpha value is -0.740. The van der Waals surface area contributed by atoms with E-state index in [0.717, 1.165) is 19.3 Å². The average molecular weight is 211 g/mol. The van der Waals surface area contributed by atoms with Crippen molar-refractivity contribution in [3.8, 4) is 0 Å². The van der Waals surface area contributed by atoms with Crippen molar-refractivity contribution in [3.63, 3.8) is 0 Å². The van der Waals surface area contributed by atoms with Crippen LogP contribution < -0.4 is 5.32 Å². The van der Waals surface area contributed by atoms with Gasteiger partial charge in [0.25, 0.3) is 0 Å². The van der Waals surface area contributed by atoms with Crippen molar-refractivity contribution >= 4 is 5.91 Å². The largest absolute Gasteiger partial charge is 0.471 e. The highest BCUT2D eigenvalue weighted by Gasteiger charge is 2.38. The van der Waals surface area contributed by atoms with Crippen LogP contribution in [-0.2, 0) is 4.79 Å². The zero-order chi connectivity index (χ0) is 11.2. The molecule has 0 aliphatic carbocycles. The second-order valence-corrected chi connectivity index (χ2v) is 3.37. The minimum Gasteiger partial charge on any atom is -0.346 e. The number of nitrogens with one attached hydrogen (secondary N) is 1. The van der Waals surface area contributed by atoms with Gasteiger partial charge in [0, 0.05) is 6.04 Å². The van der Waals surface area contributed by atoms with Gasteiger partial charge in [0.15, 0.2) is 0 Å². The molecule has 0 unspecified atom stereocenters. The molecule has 1 atom stereocenters. The highest BCUT2D eigenvalue weighted by Crippen LogP contribution is 2.15. The molecule has 14 heavy (non-hydrogen) atoms. The van der Waals surface area contributed by atoms with E-state index in [4.69, 9.17) is 0 Å². The van der Waals surface area contributed by atoms with E-state index in [2.05, 4.69) is 0 Å². The fourth-order valence-corrected chi connectivity index (χ4v) is 1.08. The van der Waals surface area contributed by atoms with Gasteiger partial charge >= 0.3 is 12.1 Å². The lowest BCUT2D eigenvalue weighted by molar-refractivity contribution is -0.174. The summed E-state index contributed by atoms with van der Waals surface area (Å²) >= 11 is 0. The molecule has 0 aliphatic heterocycles. The molecule has 0 spiro atoms. The van der Waals surface area contributed by atoms with Crippen LogP contribution >= 0.6 is 0 Å². The van der Waals surface area contributed by atoms with Crippen molar-refractivity contribution in [2.75, 3.05) is 0 Å². The smallest absolute Gasteiger partial charge is 0.346 e. The Labute approximate surface area is 81.9 Å². The molecule has 1 N–H and O–H groups in total. The molecule has 0 aromatic rings. The van der Waals surface area contributed by atoms with E-state index in [1.165, 1.54) is 0 Å². The van der Waals surface area contributed by atoms with Gasteiger partial charge < -0.3 is 5.32 Å². The van der Waals surface area contributed by atoms with E-state index in [9.17, 15) is 18.0 Å². The molecule has 0 aromatic heterocycles. The fraction of sp³-hybridized carbons (Fsp3) is 0.889. The second-order valence-electron chi connectivity index (χ2n) is 3.37. The normalized spacial score (nSPS) is 13.8. The van der Waals surface area contributed by atoms with Crippen molar-refractivity contribution in [3.05, 3.63) is 0 Å². The molecule has 2 nitrogen and oxygen atoms in total. The molecule has 1 amide bonds. The Bertz CT molecular complexity index is 179. The number of rotatable bonds is 5. The number of hydrogen-bond donors (Lipinski definition) is 1. The van der Waals surface area contributed by atoms with Gasteiger partial charge in [-0.3, -0.25) is 4.79 Å². The summed E-state index contributed by atoms with van der Waals surface area (Å²) in [6.45, 7) is 3.60. The van der Waals surface area contributed by atoms with Gasteiger partial charge in [-0.25, -0.2) is 0 Å². The minimum absolute atomic E-state index is 0.407. The number of carbonyl (C=O) groups excluding carboxylic acids is 1. The Balaban J connectivity index is 3.72. The molecule has 0 radical (unpaired) electrons. The van der Waals surface area contributed by atoms with Crippen LogP contribution in [0.2, 0.25) is 0 Å². The topological polar surface area (TPSA) is 29.1 Å². The van der Waals surface area contributed by atoms with Crippen LogP contribution in [0.5, 0.6) is 0 Å². The second kappa shape index (κ2) is 5.88. The first-order valence-corrected chi connectivity index (χ1v) is 4.75. The average Bonchev–Trinajstić information content (AvgIpc) is 2.03. The first-order valence-electron chi connectivity index (χ1n) is 4.75. The van der Waals surface area contributed by atoms with Crippen LogP contribution in [0.3, 0.4) is 0 Å². The molecule has 5 heteroatoms. The van der Waals surface area contributed by atoms with Gasteiger partial charge in [-0.1, -0.05) is 26.2 Å². The summed E-state index contributed by atoms with van der Waals surface area (Å²) in [7, 11) is 0. The van der Waals surface area contributed by atoms with Gasteiger partial charge in [0.2, 0.25) is 0 Å². The lowest BCUT2D eigenvalue weighted by atomic mass is 10.1. The van der Waals surface area contributed by atoms with E-state index >= 15 is 0 Å².